The third kappa shape index (κ3) is 7.92. The number of allylic oxidation sites excluding steroid dienone is 1. The molecule has 1 aromatic rings. The number of para-hydroxylation sites is 1. The highest BCUT2D eigenvalue weighted by molar-refractivity contribution is 7.90. The Morgan fingerprint density at radius 1 is 1.11 bits per heavy atom. The molecule has 44 heavy (non-hydrogen) atoms. The van der Waals surface area contributed by atoms with Crippen LogP contribution in [-0.4, -0.2) is 74.0 Å². The molecule has 0 heterocycles. The average Bonchev–Trinajstić information content (AvgIpc) is 3.92. The third-order valence-corrected chi connectivity index (χ3v) is 10.5. The number of rotatable bonds is 16. The second-order valence-electron chi connectivity index (χ2n) is 11.9. The van der Waals surface area contributed by atoms with Crippen LogP contribution in [0.3, 0.4) is 0 Å². The molecule has 11 nitrogen and oxygen atoms in total. The Kier molecular flexibility index (Phi) is 10.6. The van der Waals surface area contributed by atoms with E-state index in [2.05, 4.69) is 28.5 Å². The Labute approximate surface area is 257 Å². The van der Waals surface area contributed by atoms with Crippen LogP contribution in [0.5, 0.6) is 0 Å². The van der Waals surface area contributed by atoms with Crippen molar-refractivity contribution in [3.05, 3.63) is 55.4 Å². The van der Waals surface area contributed by atoms with Gasteiger partial charge < -0.3 is 15.0 Å². The van der Waals surface area contributed by atoms with Crippen LogP contribution >= 0.6 is 0 Å². The topological polar surface area (TPSA) is 151 Å². The molecular formula is C31H41FN4O7S. The lowest BCUT2D eigenvalue weighted by atomic mass is 9.92. The number of nitrogens with zero attached hydrogens (tertiary/aromatic N) is 1. The summed E-state index contributed by atoms with van der Waals surface area (Å²) in [7, 11) is -1.96. The van der Waals surface area contributed by atoms with E-state index in [9.17, 15) is 32.0 Å². The van der Waals surface area contributed by atoms with Gasteiger partial charge >= 0.3 is 6.09 Å². The van der Waals surface area contributed by atoms with Gasteiger partial charge in [-0.3, -0.25) is 19.7 Å². The van der Waals surface area contributed by atoms with E-state index in [-0.39, 0.29) is 30.9 Å². The fourth-order valence-corrected chi connectivity index (χ4v) is 7.10. The minimum atomic E-state index is -3.61. The van der Waals surface area contributed by atoms with Gasteiger partial charge in [0.2, 0.25) is 21.8 Å². The summed E-state index contributed by atoms with van der Waals surface area (Å²) in [6.07, 6.45) is 5.39. The number of unbranched alkanes of at least 4 members (excludes halogenated alkanes) is 2. The van der Waals surface area contributed by atoms with E-state index >= 15 is 0 Å². The molecule has 0 aliphatic heterocycles. The van der Waals surface area contributed by atoms with E-state index in [0.29, 0.717) is 19.4 Å². The van der Waals surface area contributed by atoms with Crippen LogP contribution < -0.4 is 15.4 Å². The number of ether oxygens (including phenoxy) is 1. The van der Waals surface area contributed by atoms with Crippen LogP contribution in [0.25, 0.3) is 0 Å². The first-order valence-corrected chi connectivity index (χ1v) is 16.5. The van der Waals surface area contributed by atoms with Gasteiger partial charge in [0, 0.05) is 19.5 Å². The molecule has 5 atom stereocenters. The standard InChI is InChI=1S/C31H41FN4O7S/c1-4-6-7-10-15-36(3)29(39)24-17-21(43-30(40)34-26-12-9-8-11-25(26)32)16-23(24)28(38)35-31(18-20(31)5-2)27(37)19-33-44(41,42)22-13-14-22/h4-5,8-9,11-12,20-24,33H,1-2,6-7,10,13-19H2,3H3,(H,34,40)(H,35,38)/t20-,21-,23-,24-,31-/m1/s1. The summed E-state index contributed by atoms with van der Waals surface area (Å²) in [6.45, 7) is 7.44. The van der Waals surface area contributed by atoms with Crippen molar-refractivity contribution in [3.8, 4) is 0 Å². The molecule has 3 aliphatic carbocycles. The van der Waals surface area contributed by atoms with Gasteiger partial charge in [0.05, 0.1) is 29.3 Å². The first-order valence-electron chi connectivity index (χ1n) is 15.0. The smallest absolute Gasteiger partial charge is 0.411 e. The number of amides is 3. The third-order valence-electron chi connectivity index (χ3n) is 8.63. The molecule has 3 saturated carbocycles. The van der Waals surface area contributed by atoms with Crippen LogP contribution in [0.2, 0.25) is 0 Å². The van der Waals surface area contributed by atoms with Crippen molar-refractivity contribution in [2.75, 3.05) is 25.5 Å². The van der Waals surface area contributed by atoms with Gasteiger partial charge in [-0.2, -0.15) is 0 Å². The molecule has 3 N–H and O–H groups in total. The second kappa shape index (κ2) is 14.0. The first-order chi connectivity index (χ1) is 20.9. The van der Waals surface area contributed by atoms with E-state index < -0.39 is 74.8 Å². The highest BCUT2D eigenvalue weighted by atomic mass is 32.2. The van der Waals surface area contributed by atoms with Gasteiger partial charge in [-0.1, -0.05) is 24.3 Å². The van der Waals surface area contributed by atoms with Gasteiger partial charge in [-0.15, -0.1) is 13.2 Å². The van der Waals surface area contributed by atoms with Crippen LogP contribution in [0.15, 0.2) is 49.6 Å². The number of ketones is 1. The number of hydrogen-bond donors (Lipinski definition) is 3. The molecule has 0 aromatic heterocycles. The Bertz CT molecular complexity index is 1400. The maximum absolute atomic E-state index is 14.0. The van der Waals surface area contributed by atoms with Gasteiger partial charge in [-0.25, -0.2) is 22.3 Å². The minimum Gasteiger partial charge on any atom is -0.446 e. The molecular weight excluding hydrogens is 591 g/mol. The van der Waals surface area contributed by atoms with Crippen LogP contribution in [0.1, 0.15) is 51.4 Å². The number of anilines is 1. The lowest BCUT2D eigenvalue weighted by Crippen LogP contribution is -2.52. The molecule has 3 aliphatic rings. The number of sulfonamides is 1. The van der Waals surface area contributed by atoms with Crippen molar-refractivity contribution < 1.29 is 36.7 Å². The largest absolute Gasteiger partial charge is 0.446 e. The molecule has 0 unspecified atom stereocenters. The summed E-state index contributed by atoms with van der Waals surface area (Å²) in [6, 6.07) is 5.60. The summed E-state index contributed by atoms with van der Waals surface area (Å²) in [5.41, 5.74) is -1.41. The highest BCUT2D eigenvalue weighted by Crippen LogP contribution is 2.46. The lowest BCUT2D eigenvalue weighted by Gasteiger charge is -2.26. The fraction of sp³-hybridized carbons (Fsp3) is 0.548. The van der Waals surface area contributed by atoms with Gasteiger partial charge in [0.1, 0.15) is 17.5 Å². The zero-order chi connectivity index (χ0) is 32.1. The average molecular weight is 633 g/mol. The number of carbonyl (C=O) groups excluding carboxylic acids is 4. The molecule has 13 heteroatoms. The fourth-order valence-electron chi connectivity index (χ4n) is 5.77. The first kappa shape index (κ1) is 33.3. The van der Waals surface area contributed by atoms with Crippen molar-refractivity contribution in [2.24, 2.45) is 17.8 Å². The van der Waals surface area contributed by atoms with Crippen LogP contribution in [0.4, 0.5) is 14.9 Å². The predicted octanol–water partition coefficient (Wildman–Crippen LogP) is 3.30. The predicted molar refractivity (Wildman–Crippen MR) is 162 cm³/mol. The summed E-state index contributed by atoms with van der Waals surface area (Å²) in [5.74, 6) is -4.15. The SMILES string of the molecule is C=CCCCCN(C)C(=O)[C@@H]1C[C@H](OC(=O)Nc2ccccc2F)C[C@H]1C(=O)N[C@]1(C(=O)CNS(=O)(=O)C2CC2)C[C@H]1C=C. The number of Topliss-reactive ketones (excluding diaryl/α,β-unsaturated/α-hetero) is 1. The molecule has 4 rings (SSSR count). The highest BCUT2D eigenvalue weighted by Gasteiger charge is 2.60. The zero-order valence-corrected chi connectivity index (χ0v) is 25.7. The van der Waals surface area contributed by atoms with Crippen molar-refractivity contribution >= 4 is 39.4 Å². The number of carbonyl (C=O) groups is 4. The summed E-state index contributed by atoms with van der Waals surface area (Å²) >= 11 is 0. The molecule has 3 fully saturated rings. The zero-order valence-electron chi connectivity index (χ0n) is 24.9. The number of hydrogen-bond acceptors (Lipinski definition) is 7. The number of halogens is 1. The van der Waals surface area contributed by atoms with Crippen molar-refractivity contribution in [1.82, 2.24) is 14.9 Å². The van der Waals surface area contributed by atoms with E-state index in [1.165, 1.54) is 18.2 Å². The summed E-state index contributed by atoms with van der Waals surface area (Å²) < 4.78 is 46.5. The van der Waals surface area contributed by atoms with Crippen molar-refractivity contribution in [1.29, 1.82) is 0 Å². The van der Waals surface area contributed by atoms with E-state index in [0.717, 1.165) is 19.3 Å². The normalized spacial score (nSPS) is 25.9. The lowest BCUT2D eigenvalue weighted by molar-refractivity contribution is -0.140. The van der Waals surface area contributed by atoms with Gasteiger partial charge in [0.15, 0.2) is 5.78 Å². The van der Waals surface area contributed by atoms with Crippen LogP contribution in [-0.2, 0) is 29.1 Å². The Morgan fingerprint density at radius 3 is 2.45 bits per heavy atom. The van der Waals surface area contributed by atoms with Gasteiger partial charge in [0.25, 0.3) is 0 Å². The number of benzene rings is 1. The Morgan fingerprint density at radius 2 is 1.82 bits per heavy atom. The maximum Gasteiger partial charge on any atom is 0.411 e. The molecule has 0 radical (unpaired) electrons. The number of nitrogens with one attached hydrogen (secondary N) is 3. The van der Waals surface area contributed by atoms with Crippen molar-refractivity contribution in [2.45, 2.75) is 68.3 Å². The van der Waals surface area contributed by atoms with Crippen LogP contribution in [0, 0.1) is 23.6 Å². The molecule has 0 spiro atoms. The summed E-state index contributed by atoms with van der Waals surface area (Å²) in [4.78, 5) is 54.8. The second-order valence-corrected chi connectivity index (χ2v) is 13.9. The minimum absolute atomic E-state index is 0.00850. The Balaban J connectivity index is 1.46. The molecule has 3 amide bonds. The summed E-state index contributed by atoms with van der Waals surface area (Å²) in [5, 5.41) is 4.67. The molecule has 0 bridgehead atoms. The molecule has 0 saturated heterocycles. The van der Waals surface area contributed by atoms with E-state index in [1.54, 1.807) is 30.2 Å². The van der Waals surface area contributed by atoms with E-state index in [4.69, 9.17) is 4.74 Å². The molecule has 1 aromatic carbocycles. The van der Waals surface area contributed by atoms with E-state index in [1.807, 2.05) is 0 Å². The Hall–Kier alpha value is -3.58. The van der Waals surface area contributed by atoms with Crippen molar-refractivity contribution in [3.63, 3.8) is 0 Å². The molecule has 240 valence electrons. The quantitative estimate of drug-likeness (QED) is 0.187. The maximum atomic E-state index is 14.0. The van der Waals surface area contributed by atoms with Gasteiger partial charge in [-0.05, 0) is 63.5 Å². The monoisotopic (exact) mass is 632 g/mol.